The average molecular weight is 496 g/mol. The molecule has 1 saturated heterocycles. The summed E-state index contributed by atoms with van der Waals surface area (Å²) in [5.74, 6) is -1.28. The fourth-order valence-corrected chi connectivity index (χ4v) is 4.33. The molecule has 0 aromatic heterocycles. The van der Waals surface area contributed by atoms with E-state index in [1.165, 1.54) is 4.90 Å². The molecule has 1 atom stereocenters. The molecule has 0 aliphatic carbocycles. The first kappa shape index (κ1) is 23.9. The highest BCUT2D eigenvalue weighted by atomic mass is 35.5. The number of benzene rings is 3. The molecule has 1 aliphatic heterocycles. The van der Waals surface area contributed by atoms with Crippen LogP contribution < -0.4 is 9.64 Å². The van der Waals surface area contributed by atoms with Gasteiger partial charge >= 0.3 is 0 Å². The number of Topliss-reactive ketones (excluding diaryl/α,β-unsaturated/α-hetero) is 1. The Morgan fingerprint density at radius 1 is 0.971 bits per heavy atom. The Kier molecular flexibility index (Phi) is 6.69. The molecule has 5 nitrogen and oxygen atoms in total. The topological polar surface area (TPSA) is 66.8 Å². The Hall–Kier alpha value is -3.28. The number of hydrogen-bond donors (Lipinski definition) is 1. The fourth-order valence-electron chi connectivity index (χ4n) is 4.02. The predicted octanol–water partition coefficient (Wildman–Crippen LogP) is 6.72. The molecule has 1 heterocycles. The molecule has 3 aromatic rings. The number of ether oxygens (including phenoxy) is 1. The number of aliphatic hydroxyl groups is 1. The molecular formula is C27H23Cl2NO4. The zero-order valence-corrected chi connectivity index (χ0v) is 20.4. The summed E-state index contributed by atoms with van der Waals surface area (Å²) in [5, 5.41) is 11.9. The van der Waals surface area contributed by atoms with Gasteiger partial charge in [0.1, 0.15) is 11.5 Å². The third-order valence-corrected chi connectivity index (χ3v) is 6.20. The van der Waals surface area contributed by atoms with Gasteiger partial charge < -0.3 is 9.84 Å². The van der Waals surface area contributed by atoms with Crippen LogP contribution in [0.15, 0.2) is 72.3 Å². The van der Waals surface area contributed by atoms with Gasteiger partial charge in [0.05, 0.1) is 27.8 Å². The summed E-state index contributed by atoms with van der Waals surface area (Å²) in [6.07, 6.45) is -0.0690. The number of carbonyl (C=O) groups is 2. The highest BCUT2D eigenvalue weighted by Gasteiger charge is 2.47. The molecule has 0 saturated carbocycles. The monoisotopic (exact) mass is 495 g/mol. The zero-order chi connectivity index (χ0) is 24.6. The standard InChI is InChI=1S/C27H23Cl2NO4/c1-15(2)34-20-9-5-7-18(13-20)25(31)23-24(17-10-11-21(28)22(29)14-17)30(27(33)26(23)32)19-8-4-6-16(3)12-19/h4-15,24,31H,1-3H3/b25-23-. The molecule has 3 aromatic carbocycles. The van der Waals surface area contributed by atoms with E-state index in [2.05, 4.69) is 0 Å². The number of carbonyl (C=O) groups excluding carboxylic acids is 2. The van der Waals surface area contributed by atoms with Gasteiger partial charge in [0.2, 0.25) is 0 Å². The molecule has 1 aliphatic rings. The van der Waals surface area contributed by atoms with Crippen LogP contribution >= 0.6 is 23.2 Å². The quantitative estimate of drug-likeness (QED) is 0.242. The number of rotatable bonds is 5. The van der Waals surface area contributed by atoms with Crippen LogP contribution in [0.2, 0.25) is 10.0 Å². The second kappa shape index (κ2) is 9.53. The molecular weight excluding hydrogens is 473 g/mol. The van der Waals surface area contributed by atoms with E-state index in [0.717, 1.165) is 5.56 Å². The van der Waals surface area contributed by atoms with Crippen LogP contribution in [-0.4, -0.2) is 22.9 Å². The van der Waals surface area contributed by atoms with Crippen molar-refractivity contribution in [3.05, 3.63) is 99.0 Å². The summed E-state index contributed by atoms with van der Waals surface area (Å²) >= 11 is 12.4. The van der Waals surface area contributed by atoms with Gasteiger partial charge in [0.25, 0.3) is 11.7 Å². The minimum atomic E-state index is -0.897. The maximum atomic E-state index is 13.3. The molecule has 4 rings (SSSR count). The lowest BCUT2D eigenvalue weighted by molar-refractivity contribution is -0.132. The van der Waals surface area contributed by atoms with Crippen LogP contribution in [0, 0.1) is 6.92 Å². The van der Waals surface area contributed by atoms with Gasteiger partial charge in [-0.15, -0.1) is 0 Å². The van der Waals surface area contributed by atoms with E-state index in [1.807, 2.05) is 39.0 Å². The van der Waals surface area contributed by atoms with Gasteiger partial charge in [0, 0.05) is 11.3 Å². The van der Waals surface area contributed by atoms with Crippen LogP contribution in [-0.2, 0) is 9.59 Å². The minimum absolute atomic E-state index is 0.0356. The normalized spacial score (nSPS) is 17.5. The van der Waals surface area contributed by atoms with E-state index < -0.39 is 17.7 Å². The van der Waals surface area contributed by atoms with Crippen LogP contribution in [0.5, 0.6) is 5.75 Å². The van der Waals surface area contributed by atoms with E-state index in [-0.39, 0.29) is 22.5 Å². The van der Waals surface area contributed by atoms with Gasteiger partial charge in [-0.3, -0.25) is 14.5 Å². The van der Waals surface area contributed by atoms with E-state index in [0.29, 0.717) is 27.6 Å². The van der Waals surface area contributed by atoms with Crippen LogP contribution in [0.3, 0.4) is 0 Å². The number of amides is 1. The molecule has 1 fully saturated rings. The van der Waals surface area contributed by atoms with Crippen molar-refractivity contribution in [3.8, 4) is 5.75 Å². The molecule has 0 bridgehead atoms. The molecule has 174 valence electrons. The highest BCUT2D eigenvalue weighted by molar-refractivity contribution is 6.51. The van der Waals surface area contributed by atoms with Gasteiger partial charge in [-0.25, -0.2) is 0 Å². The number of hydrogen-bond acceptors (Lipinski definition) is 4. The number of aryl methyl sites for hydroxylation is 1. The van der Waals surface area contributed by atoms with E-state index in [9.17, 15) is 14.7 Å². The summed E-state index contributed by atoms with van der Waals surface area (Å²) in [7, 11) is 0. The van der Waals surface area contributed by atoms with Crippen LogP contribution in [0.1, 0.15) is 36.6 Å². The molecule has 1 N–H and O–H groups in total. The first-order chi connectivity index (χ1) is 16.2. The van der Waals surface area contributed by atoms with E-state index >= 15 is 0 Å². The van der Waals surface area contributed by atoms with Crippen LogP contribution in [0.4, 0.5) is 5.69 Å². The van der Waals surface area contributed by atoms with Crippen molar-refractivity contribution in [2.75, 3.05) is 4.90 Å². The SMILES string of the molecule is Cc1cccc(N2C(=O)C(=O)/C(=C(\O)c3cccc(OC(C)C)c3)C2c2ccc(Cl)c(Cl)c2)c1. The van der Waals surface area contributed by atoms with Gasteiger partial charge in [0.15, 0.2) is 0 Å². The fraction of sp³-hybridized carbons (Fsp3) is 0.185. The number of aliphatic hydroxyl groups excluding tert-OH is 1. The highest BCUT2D eigenvalue weighted by Crippen LogP contribution is 2.43. The van der Waals surface area contributed by atoms with Crippen molar-refractivity contribution in [1.29, 1.82) is 0 Å². The van der Waals surface area contributed by atoms with Crippen molar-refractivity contribution in [2.45, 2.75) is 32.9 Å². The maximum Gasteiger partial charge on any atom is 0.300 e. The average Bonchev–Trinajstić information content (AvgIpc) is 3.05. The van der Waals surface area contributed by atoms with Gasteiger partial charge in [-0.2, -0.15) is 0 Å². The smallest absolute Gasteiger partial charge is 0.300 e. The third-order valence-electron chi connectivity index (χ3n) is 5.46. The first-order valence-electron chi connectivity index (χ1n) is 10.8. The molecule has 34 heavy (non-hydrogen) atoms. The molecule has 1 unspecified atom stereocenters. The van der Waals surface area contributed by atoms with E-state index in [1.54, 1.807) is 48.5 Å². The molecule has 7 heteroatoms. The predicted molar refractivity (Wildman–Crippen MR) is 135 cm³/mol. The Morgan fingerprint density at radius 2 is 1.71 bits per heavy atom. The van der Waals surface area contributed by atoms with Crippen molar-refractivity contribution in [3.63, 3.8) is 0 Å². The number of anilines is 1. The van der Waals surface area contributed by atoms with E-state index in [4.69, 9.17) is 27.9 Å². The van der Waals surface area contributed by atoms with Crippen molar-refractivity contribution in [2.24, 2.45) is 0 Å². The number of halogens is 2. The third kappa shape index (κ3) is 4.54. The lowest BCUT2D eigenvalue weighted by Crippen LogP contribution is -2.29. The van der Waals surface area contributed by atoms with Crippen LogP contribution in [0.25, 0.3) is 5.76 Å². The summed E-state index contributed by atoms with van der Waals surface area (Å²) in [6.45, 7) is 5.68. The largest absolute Gasteiger partial charge is 0.507 e. The zero-order valence-electron chi connectivity index (χ0n) is 18.9. The van der Waals surface area contributed by atoms with Crippen molar-refractivity contribution in [1.82, 2.24) is 0 Å². The maximum absolute atomic E-state index is 13.3. The Morgan fingerprint density at radius 3 is 2.38 bits per heavy atom. The number of ketones is 1. The number of nitrogens with zero attached hydrogens (tertiary/aromatic N) is 1. The van der Waals surface area contributed by atoms with Gasteiger partial charge in [-0.1, -0.05) is 53.5 Å². The first-order valence-corrected chi connectivity index (χ1v) is 11.5. The van der Waals surface area contributed by atoms with Crippen molar-refractivity contribution >= 4 is 46.3 Å². The Labute approximate surface area is 208 Å². The second-order valence-corrected chi connectivity index (χ2v) is 9.19. The molecule has 0 radical (unpaired) electrons. The van der Waals surface area contributed by atoms with Crippen molar-refractivity contribution < 1.29 is 19.4 Å². The Bertz CT molecular complexity index is 1320. The summed E-state index contributed by atoms with van der Waals surface area (Å²) in [4.78, 5) is 27.9. The minimum Gasteiger partial charge on any atom is -0.507 e. The lowest BCUT2D eigenvalue weighted by atomic mass is 9.95. The Balaban J connectivity index is 1.93. The molecule has 0 spiro atoms. The summed E-state index contributed by atoms with van der Waals surface area (Å²) in [5.41, 5.74) is 2.34. The molecule has 1 amide bonds. The lowest BCUT2D eigenvalue weighted by Gasteiger charge is -2.26. The summed E-state index contributed by atoms with van der Waals surface area (Å²) < 4.78 is 5.73. The second-order valence-electron chi connectivity index (χ2n) is 8.38. The van der Waals surface area contributed by atoms with Gasteiger partial charge in [-0.05, 0) is 68.3 Å². The summed E-state index contributed by atoms with van der Waals surface area (Å²) in [6, 6.07) is 18.1.